The quantitative estimate of drug-likeness (QED) is 0.660. The van der Waals surface area contributed by atoms with Crippen molar-refractivity contribution in [3.63, 3.8) is 0 Å². The minimum absolute atomic E-state index is 0.544. The third-order valence-corrected chi connectivity index (χ3v) is 3.77. The Bertz CT molecular complexity index is 510. The molecule has 21 heavy (non-hydrogen) atoms. The summed E-state index contributed by atoms with van der Waals surface area (Å²) >= 11 is 0. The molecule has 0 radical (unpaired) electrons. The highest BCUT2D eigenvalue weighted by atomic mass is 15.2. The zero-order chi connectivity index (χ0) is 14.9. The highest BCUT2D eigenvalue weighted by molar-refractivity contribution is 5.80. The molecule has 0 aromatic heterocycles. The molecule has 1 aliphatic carbocycles. The van der Waals surface area contributed by atoms with Gasteiger partial charge in [-0.1, -0.05) is 31.4 Å². The van der Waals surface area contributed by atoms with Crippen LogP contribution in [0.3, 0.4) is 0 Å². The second-order valence-corrected chi connectivity index (χ2v) is 5.49. The molecule has 0 saturated heterocycles. The normalized spacial score (nSPS) is 16.3. The second-order valence-electron chi connectivity index (χ2n) is 5.49. The van der Waals surface area contributed by atoms with E-state index in [1.165, 1.54) is 32.1 Å². The summed E-state index contributed by atoms with van der Waals surface area (Å²) < 4.78 is 0. The maximum Gasteiger partial charge on any atom is 0.191 e. The van der Waals surface area contributed by atoms with Crippen LogP contribution in [0.15, 0.2) is 29.3 Å². The first-order valence-corrected chi connectivity index (χ1v) is 7.85. The molecule has 0 bridgehead atoms. The summed E-state index contributed by atoms with van der Waals surface area (Å²) in [5.41, 5.74) is 1.75. The minimum atomic E-state index is 0.544. The smallest absolute Gasteiger partial charge is 0.191 e. The molecule has 4 nitrogen and oxygen atoms in total. The fraction of sp³-hybridized carbons (Fsp3) is 0.529. The van der Waals surface area contributed by atoms with Crippen LogP contribution in [0.1, 0.15) is 50.2 Å². The number of nitrogens with one attached hydrogen (secondary N) is 2. The van der Waals surface area contributed by atoms with Crippen LogP contribution >= 0.6 is 0 Å². The maximum atomic E-state index is 8.93. The third-order valence-electron chi connectivity index (χ3n) is 3.77. The Morgan fingerprint density at radius 1 is 1.33 bits per heavy atom. The fourth-order valence-corrected chi connectivity index (χ4v) is 2.67. The lowest BCUT2D eigenvalue weighted by Gasteiger charge is -2.24. The van der Waals surface area contributed by atoms with Crippen LogP contribution in [-0.4, -0.2) is 18.5 Å². The number of nitrogens with zero attached hydrogens (tertiary/aromatic N) is 2. The zero-order valence-corrected chi connectivity index (χ0v) is 12.7. The third kappa shape index (κ3) is 5.11. The standard InChI is InChI=1S/C17H24N4/c1-2-19-17(21-16-9-4-3-5-10-16)20-13-15-8-6-7-14(11-15)12-18/h6-8,11,16H,2-5,9-10,13H2,1H3,(H2,19,20,21). The van der Waals surface area contributed by atoms with Gasteiger partial charge in [0.15, 0.2) is 5.96 Å². The van der Waals surface area contributed by atoms with E-state index < -0.39 is 0 Å². The summed E-state index contributed by atoms with van der Waals surface area (Å²) in [5.74, 6) is 0.881. The summed E-state index contributed by atoms with van der Waals surface area (Å²) in [5, 5.41) is 15.8. The van der Waals surface area contributed by atoms with Crippen molar-refractivity contribution < 1.29 is 0 Å². The lowest BCUT2D eigenvalue weighted by Crippen LogP contribution is -2.44. The number of rotatable bonds is 4. The van der Waals surface area contributed by atoms with Gasteiger partial charge in [-0.15, -0.1) is 0 Å². The molecule has 112 valence electrons. The van der Waals surface area contributed by atoms with Crippen LogP contribution in [0.4, 0.5) is 0 Å². The zero-order valence-electron chi connectivity index (χ0n) is 12.7. The minimum Gasteiger partial charge on any atom is -0.357 e. The van der Waals surface area contributed by atoms with Crippen LogP contribution in [0.25, 0.3) is 0 Å². The molecule has 1 fully saturated rings. The van der Waals surface area contributed by atoms with E-state index in [1.807, 2.05) is 24.3 Å². The average molecular weight is 284 g/mol. The van der Waals surface area contributed by atoms with E-state index >= 15 is 0 Å². The van der Waals surface area contributed by atoms with E-state index in [2.05, 4.69) is 28.6 Å². The number of benzene rings is 1. The lowest BCUT2D eigenvalue weighted by molar-refractivity contribution is 0.410. The molecule has 0 unspecified atom stereocenters. The molecule has 1 aliphatic rings. The van der Waals surface area contributed by atoms with Gasteiger partial charge in [0.25, 0.3) is 0 Å². The van der Waals surface area contributed by atoms with Crippen molar-refractivity contribution >= 4 is 5.96 Å². The molecule has 0 amide bonds. The topological polar surface area (TPSA) is 60.2 Å². The number of guanidine groups is 1. The Kier molecular flexibility index (Phi) is 6.08. The predicted octanol–water partition coefficient (Wildman–Crippen LogP) is 2.95. The van der Waals surface area contributed by atoms with Crippen LogP contribution < -0.4 is 10.6 Å². The van der Waals surface area contributed by atoms with Crippen molar-refractivity contribution in [3.05, 3.63) is 35.4 Å². The van der Waals surface area contributed by atoms with Gasteiger partial charge in [0.1, 0.15) is 0 Å². The molecule has 1 aromatic carbocycles. The molecule has 2 rings (SSSR count). The second kappa shape index (κ2) is 8.31. The maximum absolute atomic E-state index is 8.93. The predicted molar refractivity (Wildman–Crippen MR) is 86.0 cm³/mol. The Morgan fingerprint density at radius 2 is 2.14 bits per heavy atom. The van der Waals surface area contributed by atoms with E-state index in [4.69, 9.17) is 5.26 Å². The molecule has 1 aromatic rings. The molecule has 0 atom stereocenters. The Labute approximate surface area is 127 Å². The van der Waals surface area contributed by atoms with Gasteiger partial charge in [-0.2, -0.15) is 5.26 Å². The number of nitriles is 1. The van der Waals surface area contributed by atoms with Gasteiger partial charge in [-0.25, -0.2) is 4.99 Å². The van der Waals surface area contributed by atoms with Crippen molar-refractivity contribution in [3.8, 4) is 6.07 Å². The van der Waals surface area contributed by atoms with E-state index in [1.54, 1.807) is 0 Å². The largest absolute Gasteiger partial charge is 0.357 e. The number of hydrogen-bond donors (Lipinski definition) is 2. The van der Waals surface area contributed by atoms with Gasteiger partial charge in [0, 0.05) is 12.6 Å². The molecule has 0 aliphatic heterocycles. The molecule has 0 spiro atoms. The van der Waals surface area contributed by atoms with Gasteiger partial charge < -0.3 is 10.6 Å². The van der Waals surface area contributed by atoms with Crippen molar-refractivity contribution in [2.75, 3.05) is 6.54 Å². The monoisotopic (exact) mass is 284 g/mol. The number of hydrogen-bond acceptors (Lipinski definition) is 2. The Morgan fingerprint density at radius 3 is 2.86 bits per heavy atom. The Hall–Kier alpha value is -2.02. The summed E-state index contributed by atoms with van der Waals surface area (Å²) in [6, 6.07) is 10.3. The van der Waals surface area contributed by atoms with Gasteiger partial charge in [0.05, 0.1) is 18.2 Å². The lowest BCUT2D eigenvalue weighted by atomic mass is 9.96. The molecule has 1 saturated carbocycles. The summed E-state index contributed by atoms with van der Waals surface area (Å²) in [4.78, 5) is 4.64. The van der Waals surface area contributed by atoms with Crippen LogP contribution in [-0.2, 0) is 6.54 Å². The Balaban J connectivity index is 1.97. The van der Waals surface area contributed by atoms with Gasteiger partial charge in [-0.05, 0) is 37.5 Å². The summed E-state index contributed by atoms with van der Waals surface area (Å²) in [6.45, 7) is 3.53. The van der Waals surface area contributed by atoms with Crippen molar-refractivity contribution in [1.82, 2.24) is 10.6 Å². The average Bonchev–Trinajstić information content (AvgIpc) is 2.54. The molecular formula is C17H24N4. The van der Waals surface area contributed by atoms with Gasteiger partial charge in [0.2, 0.25) is 0 Å². The van der Waals surface area contributed by atoms with E-state index in [-0.39, 0.29) is 0 Å². The first-order valence-electron chi connectivity index (χ1n) is 7.85. The van der Waals surface area contributed by atoms with E-state index in [9.17, 15) is 0 Å². The van der Waals surface area contributed by atoms with Gasteiger partial charge >= 0.3 is 0 Å². The summed E-state index contributed by atoms with van der Waals surface area (Å²) in [6.07, 6.45) is 6.43. The SMILES string of the molecule is CCNC(=NCc1cccc(C#N)c1)NC1CCCCC1. The molecule has 2 N–H and O–H groups in total. The fourth-order valence-electron chi connectivity index (χ4n) is 2.67. The van der Waals surface area contributed by atoms with E-state index in [0.29, 0.717) is 18.2 Å². The highest BCUT2D eigenvalue weighted by Gasteiger charge is 2.14. The molecular weight excluding hydrogens is 260 g/mol. The van der Waals surface area contributed by atoms with Gasteiger partial charge in [-0.3, -0.25) is 0 Å². The first-order chi connectivity index (χ1) is 10.3. The van der Waals surface area contributed by atoms with Crippen LogP contribution in [0, 0.1) is 11.3 Å². The van der Waals surface area contributed by atoms with Crippen molar-refractivity contribution in [2.24, 2.45) is 4.99 Å². The van der Waals surface area contributed by atoms with E-state index in [0.717, 1.165) is 18.1 Å². The summed E-state index contributed by atoms with van der Waals surface area (Å²) in [7, 11) is 0. The van der Waals surface area contributed by atoms with Crippen molar-refractivity contribution in [1.29, 1.82) is 5.26 Å². The first kappa shape index (κ1) is 15.4. The van der Waals surface area contributed by atoms with Crippen LogP contribution in [0.5, 0.6) is 0 Å². The molecule has 0 heterocycles. The van der Waals surface area contributed by atoms with Crippen LogP contribution in [0.2, 0.25) is 0 Å². The number of aliphatic imine (C=N–C) groups is 1. The molecule has 4 heteroatoms. The van der Waals surface area contributed by atoms with Crippen molar-refractivity contribution in [2.45, 2.75) is 51.6 Å². The highest BCUT2D eigenvalue weighted by Crippen LogP contribution is 2.17.